The summed E-state index contributed by atoms with van der Waals surface area (Å²) in [5.74, 6) is -0.968. The molecule has 1 amide bonds. The largest absolute Gasteiger partial charge is 0.423 e. The summed E-state index contributed by atoms with van der Waals surface area (Å²) in [4.78, 5) is 25.6. The van der Waals surface area contributed by atoms with Gasteiger partial charge in [0, 0.05) is 11.3 Å². The van der Waals surface area contributed by atoms with Crippen LogP contribution in [0.15, 0.2) is 66.1 Å². The van der Waals surface area contributed by atoms with Crippen LogP contribution in [0.2, 0.25) is 0 Å². The van der Waals surface area contributed by atoms with Gasteiger partial charge in [0.05, 0.1) is 10.8 Å². The van der Waals surface area contributed by atoms with Crippen LogP contribution in [0.25, 0.3) is 0 Å². The molecule has 32 heavy (non-hydrogen) atoms. The summed E-state index contributed by atoms with van der Waals surface area (Å²) in [6.45, 7) is 0. The fourth-order valence-electron chi connectivity index (χ4n) is 3.53. The van der Waals surface area contributed by atoms with Crippen molar-refractivity contribution in [1.29, 1.82) is 0 Å². The van der Waals surface area contributed by atoms with E-state index in [1.54, 1.807) is 36.4 Å². The van der Waals surface area contributed by atoms with E-state index in [4.69, 9.17) is 39.6 Å². The van der Waals surface area contributed by atoms with Crippen LogP contribution in [0.5, 0.6) is 11.6 Å². The maximum Gasteiger partial charge on any atom is 0.345 e. The van der Waals surface area contributed by atoms with Crippen molar-refractivity contribution in [2.45, 2.75) is 5.92 Å². The number of carbonyl (C=O) groups is 2. The second-order valence-corrected chi connectivity index (χ2v) is 8.96. The predicted molar refractivity (Wildman–Crippen MR) is 126 cm³/mol. The van der Waals surface area contributed by atoms with Crippen molar-refractivity contribution < 1.29 is 19.1 Å². The van der Waals surface area contributed by atoms with E-state index in [0.717, 1.165) is 5.56 Å². The summed E-state index contributed by atoms with van der Waals surface area (Å²) in [7, 11) is 0. The Balaban J connectivity index is 1.50. The number of thiazole rings is 1. The minimum Gasteiger partial charge on any atom is -0.423 e. The fourth-order valence-corrected chi connectivity index (χ4v) is 5.06. The Hall–Kier alpha value is -3.54. The summed E-state index contributed by atoms with van der Waals surface area (Å²) in [6, 6.07) is 16.1. The Morgan fingerprint density at radius 2 is 1.81 bits per heavy atom. The number of para-hydroxylation sites is 2. The molecule has 5 rings (SSSR count). The molecule has 2 aliphatic heterocycles. The van der Waals surface area contributed by atoms with Gasteiger partial charge in [-0.2, -0.15) is 0 Å². The number of ether oxygens (including phenoxy) is 2. The zero-order valence-electron chi connectivity index (χ0n) is 16.2. The Labute approximate surface area is 196 Å². The molecule has 2 aromatic carbocycles. The molecule has 3 heterocycles. The van der Waals surface area contributed by atoms with Gasteiger partial charge >= 0.3 is 5.97 Å². The van der Waals surface area contributed by atoms with Crippen LogP contribution in [-0.4, -0.2) is 21.5 Å². The van der Waals surface area contributed by atoms with Crippen LogP contribution < -0.4 is 25.9 Å². The van der Waals surface area contributed by atoms with E-state index < -0.39 is 17.8 Å². The van der Waals surface area contributed by atoms with Crippen LogP contribution in [0.1, 0.15) is 16.4 Å². The standard InChI is InChI=1S/C21H14N4O4S3/c22-16-14-13(11-8-4-5-9-12(11)28-20(14)27)15-19(29-16)25(21(31)32-15)24-18(30)17(26)23-10-6-2-1-3-7-10/h1-9,13H,22H2,(H,23,26)(H,24,30). The molecule has 0 aliphatic carbocycles. The predicted octanol–water partition coefficient (Wildman–Crippen LogP) is 3.40. The first-order valence-corrected chi connectivity index (χ1v) is 11.0. The van der Waals surface area contributed by atoms with Crippen molar-refractivity contribution in [1.82, 2.24) is 4.68 Å². The van der Waals surface area contributed by atoms with Gasteiger partial charge in [0.25, 0.3) is 5.91 Å². The molecule has 11 heteroatoms. The highest BCUT2D eigenvalue weighted by molar-refractivity contribution is 7.82. The monoisotopic (exact) mass is 482 g/mol. The lowest BCUT2D eigenvalue weighted by Crippen LogP contribution is -2.35. The van der Waals surface area contributed by atoms with E-state index in [1.165, 1.54) is 16.0 Å². The number of benzene rings is 2. The molecule has 1 unspecified atom stereocenters. The van der Waals surface area contributed by atoms with E-state index in [1.807, 2.05) is 18.2 Å². The smallest absolute Gasteiger partial charge is 0.345 e. The van der Waals surface area contributed by atoms with Gasteiger partial charge in [0.15, 0.2) is 8.94 Å². The highest BCUT2D eigenvalue weighted by atomic mass is 32.1. The fraction of sp³-hybridized carbons (Fsp3) is 0.0476. The molecular formula is C21H14N4O4S3. The molecule has 0 spiro atoms. The number of carbonyl (C=O) groups excluding carboxylic acids is 2. The average Bonchev–Trinajstić information content (AvgIpc) is 3.09. The van der Waals surface area contributed by atoms with Gasteiger partial charge < -0.3 is 20.5 Å². The van der Waals surface area contributed by atoms with Gasteiger partial charge in [0.2, 0.25) is 11.8 Å². The molecule has 0 bridgehead atoms. The van der Waals surface area contributed by atoms with Crippen LogP contribution in [-0.2, 0) is 9.59 Å². The van der Waals surface area contributed by atoms with Gasteiger partial charge in [-0.25, -0.2) is 9.47 Å². The van der Waals surface area contributed by atoms with Crippen molar-refractivity contribution >= 4 is 58.3 Å². The van der Waals surface area contributed by atoms with E-state index >= 15 is 0 Å². The molecule has 0 radical (unpaired) electrons. The normalized spacial score (nSPS) is 16.1. The molecule has 1 aromatic heterocycles. The number of thiocarbonyl (C=S) groups is 1. The first-order chi connectivity index (χ1) is 15.4. The maximum absolute atomic E-state index is 12.6. The summed E-state index contributed by atoms with van der Waals surface area (Å²) >= 11 is 12.0. The number of anilines is 1. The minimum atomic E-state index is -0.576. The zero-order chi connectivity index (χ0) is 22.4. The number of nitrogens with zero attached hydrogens (tertiary/aromatic N) is 1. The topological polar surface area (TPSA) is 108 Å². The van der Waals surface area contributed by atoms with Crippen molar-refractivity contribution in [2.75, 3.05) is 10.7 Å². The number of nitrogens with two attached hydrogens (primary N) is 1. The highest BCUT2D eigenvalue weighted by Crippen LogP contribution is 2.50. The number of fused-ring (bicyclic) bond motifs is 5. The third-order valence-electron chi connectivity index (χ3n) is 4.92. The lowest BCUT2D eigenvalue weighted by atomic mass is 9.86. The first-order valence-electron chi connectivity index (χ1n) is 9.35. The molecule has 1 atom stereocenters. The van der Waals surface area contributed by atoms with E-state index in [9.17, 15) is 9.59 Å². The van der Waals surface area contributed by atoms with Crippen molar-refractivity contribution in [3.8, 4) is 11.6 Å². The summed E-state index contributed by atoms with van der Waals surface area (Å²) < 4.78 is 12.9. The van der Waals surface area contributed by atoms with Crippen LogP contribution in [0.3, 0.4) is 0 Å². The maximum atomic E-state index is 12.6. The molecule has 8 nitrogen and oxygen atoms in total. The Morgan fingerprint density at radius 3 is 2.59 bits per heavy atom. The number of esters is 1. The van der Waals surface area contributed by atoms with Gasteiger partial charge in [-0.05, 0) is 30.4 Å². The van der Waals surface area contributed by atoms with Crippen LogP contribution in [0, 0.1) is 3.95 Å². The summed E-state index contributed by atoms with van der Waals surface area (Å²) in [5.41, 5.74) is 10.5. The zero-order valence-corrected chi connectivity index (χ0v) is 18.6. The van der Waals surface area contributed by atoms with E-state index in [-0.39, 0.29) is 22.3 Å². The quantitative estimate of drug-likeness (QED) is 0.290. The average molecular weight is 483 g/mol. The molecule has 3 aromatic rings. The number of amides is 1. The van der Waals surface area contributed by atoms with Crippen molar-refractivity contribution in [3.63, 3.8) is 0 Å². The molecule has 0 saturated carbocycles. The number of rotatable bonds is 2. The summed E-state index contributed by atoms with van der Waals surface area (Å²) in [5, 5.41) is 2.70. The molecule has 4 N–H and O–H groups in total. The minimum absolute atomic E-state index is 0.0926. The second-order valence-electron chi connectivity index (χ2n) is 6.87. The molecule has 0 fully saturated rings. The van der Waals surface area contributed by atoms with Gasteiger partial charge in [-0.15, -0.1) is 11.3 Å². The van der Waals surface area contributed by atoms with Crippen LogP contribution in [0.4, 0.5) is 5.69 Å². The molecule has 2 aliphatic rings. The lowest BCUT2D eigenvalue weighted by Gasteiger charge is -2.30. The highest BCUT2D eigenvalue weighted by Gasteiger charge is 2.43. The van der Waals surface area contributed by atoms with Gasteiger partial charge in [-0.1, -0.05) is 48.6 Å². The molecular weight excluding hydrogens is 468 g/mol. The first kappa shape index (κ1) is 20.4. The van der Waals surface area contributed by atoms with E-state index in [2.05, 4.69) is 10.7 Å². The number of aromatic nitrogens is 1. The van der Waals surface area contributed by atoms with Crippen molar-refractivity contribution in [3.05, 3.63) is 80.4 Å². The Kier molecular flexibility index (Phi) is 5.00. The molecule has 0 saturated heterocycles. The van der Waals surface area contributed by atoms with Gasteiger partial charge in [-0.3, -0.25) is 10.2 Å². The van der Waals surface area contributed by atoms with E-state index in [0.29, 0.717) is 20.3 Å². The van der Waals surface area contributed by atoms with Gasteiger partial charge in [0.1, 0.15) is 11.3 Å². The third kappa shape index (κ3) is 3.36. The van der Waals surface area contributed by atoms with Crippen LogP contribution >= 0.6 is 35.8 Å². The lowest BCUT2D eigenvalue weighted by molar-refractivity contribution is -0.131. The number of hydrogen-bond donors (Lipinski definition) is 3. The summed E-state index contributed by atoms with van der Waals surface area (Å²) in [6.07, 6.45) is 0. The number of nitrogens with one attached hydrogen (secondary N) is 2. The molecule has 160 valence electrons. The number of hydrogen-bond acceptors (Lipinski definition) is 8. The SMILES string of the molecule is NC1=C2C(=O)Oc3ccccc3C2c2sc(=S)n(NC(=S)C(=O)Nc3ccccc3)c2O1. The Morgan fingerprint density at radius 1 is 1.09 bits per heavy atom. The Bertz CT molecular complexity index is 1380. The second kappa shape index (κ2) is 7.86. The van der Waals surface area contributed by atoms with Crippen molar-refractivity contribution in [2.24, 2.45) is 5.73 Å². The third-order valence-corrected chi connectivity index (χ3v) is 6.62.